The molecule has 0 saturated heterocycles. The van der Waals surface area contributed by atoms with Gasteiger partial charge in [-0.25, -0.2) is 8.42 Å². The van der Waals surface area contributed by atoms with Gasteiger partial charge in [-0.2, -0.15) is 9.57 Å². The Labute approximate surface area is 129 Å². The van der Waals surface area contributed by atoms with Crippen LogP contribution in [-0.4, -0.2) is 31.2 Å². The van der Waals surface area contributed by atoms with Crippen molar-refractivity contribution in [3.63, 3.8) is 0 Å². The Kier molecular flexibility index (Phi) is 3.89. The van der Waals surface area contributed by atoms with Gasteiger partial charge < -0.3 is 5.32 Å². The van der Waals surface area contributed by atoms with Crippen LogP contribution in [0.2, 0.25) is 0 Å². The highest BCUT2D eigenvalue weighted by Gasteiger charge is 2.38. The molecular formula is C15H17N3O3S. The van der Waals surface area contributed by atoms with E-state index in [9.17, 15) is 13.2 Å². The molecule has 116 valence electrons. The first-order chi connectivity index (χ1) is 10.5. The van der Waals surface area contributed by atoms with Crippen LogP contribution in [0, 0.1) is 11.3 Å². The molecule has 1 amide bonds. The number of sulfonamides is 1. The second-order valence-electron chi connectivity index (χ2n) is 5.62. The molecule has 0 atom stereocenters. The van der Waals surface area contributed by atoms with Gasteiger partial charge in [0.05, 0.1) is 11.0 Å². The monoisotopic (exact) mass is 319 g/mol. The predicted molar refractivity (Wildman–Crippen MR) is 80.5 cm³/mol. The second-order valence-corrected chi connectivity index (χ2v) is 7.51. The van der Waals surface area contributed by atoms with Crippen molar-refractivity contribution in [3.8, 4) is 6.07 Å². The zero-order valence-corrected chi connectivity index (χ0v) is 12.9. The summed E-state index contributed by atoms with van der Waals surface area (Å²) >= 11 is 0. The average molecular weight is 319 g/mol. The van der Waals surface area contributed by atoms with E-state index in [-0.39, 0.29) is 29.8 Å². The zero-order chi connectivity index (χ0) is 15.7. The molecule has 0 radical (unpaired) electrons. The normalized spacial score (nSPS) is 17.7. The number of nitrogens with zero attached hydrogens (tertiary/aromatic N) is 2. The summed E-state index contributed by atoms with van der Waals surface area (Å²) in [4.78, 5) is 11.6. The molecule has 3 rings (SSSR count). The third-order valence-electron chi connectivity index (χ3n) is 3.98. The Balaban J connectivity index is 1.91. The van der Waals surface area contributed by atoms with Gasteiger partial charge in [0.25, 0.3) is 0 Å². The molecule has 1 aromatic rings. The van der Waals surface area contributed by atoms with Crippen molar-refractivity contribution in [3.05, 3.63) is 23.8 Å². The van der Waals surface area contributed by atoms with E-state index >= 15 is 0 Å². The standard InChI is InChI=1S/C15H17N3O3S/c16-8-1-9-18(12-3-4-12)22(20,21)13-5-6-14-11(10-13)2-7-15(19)17-14/h5-6,10,12H,1-4,7,9H2,(H,17,19). The van der Waals surface area contributed by atoms with Crippen molar-refractivity contribution in [2.24, 2.45) is 0 Å². The summed E-state index contributed by atoms with van der Waals surface area (Å²) < 4.78 is 27.0. The van der Waals surface area contributed by atoms with E-state index in [1.165, 1.54) is 10.4 Å². The Bertz CT molecular complexity index is 748. The maximum absolute atomic E-state index is 12.8. The number of benzene rings is 1. The molecule has 22 heavy (non-hydrogen) atoms. The molecule has 0 aromatic heterocycles. The van der Waals surface area contributed by atoms with Gasteiger partial charge in [0.1, 0.15) is 0 Å². The minimum atomic E-state index is -3.59. The minimum Gasteiger partial charge on any atom is -0.326 e. The van der Waals surface area contributed by atoms with Crippen LogP contribution in [-0.2, 0) is 21.2 Å². The number of hydrogen-bond acceptors (Lipinski definition) is 4. The van der Waals surface area contributed by atoms with Gasteiger partial charge in [-0.15, -0.1) is 0 Å². The van der Waals surface area contributed by atoms with Gasteiger partial charge in [0, 0.05) is 31.1 Å². The minimum absolute atomic E-state index is 0.0223. The van der Waals surface area contributed by atoms with Crippen molar-refractivity contribution in [2.45, 2.75) is 43.0 Å². The van der Waals surface area contributed by atoms with E-state index in [2.05, 4.69) is 5.32 Å². The Morgan fingerprint density at radius 2 is 2.09 bits per heavy atom. The van der Waals surface area contributed by atoms with Gasteiger partial charge in [-0.05, 0) is 43.0 Å². The largest absolute Gasteiger partial charge is 0.326 e. The molecule has 6 nitrogen and oxygen atoms in total. The molecule has 7 heteroatoms. The highest BCUT2D eigenvalue weighted by molar-refractivity contribution is 7.89. The maximum atomic E-state index is 12.8. The number of amides is 1. The Morgan fingerprint density at radius 1 is 1.32 bits per heavy atom. The number of nitriles is 1. The molecule has 0 spiro atoms. The number of hydrogen-bond donors (Lipinski definition) is 1. The third kappa shape index (κ3) is 2.85. The second kappa shape index (κ2) is 5.71. The van der Waals surface area contributed by atoms with Crippen LogP contribution in [0.3, 0.4) is 0 Å². The summed E-state index contributed by atoms with van der Waals surface area (Å²) in [5, 5.41) is 11.5. The van der Waals surface area contributed by atoms with E-state index < -0.39 is 10.0 Å². The molecule has 1 aromatic carbocycles. The van der Waals surface area contributed by atoms with Gasteiger partial charge >= 0.3 is 0 Å². The molecule has 2 aliphatic rings. The molecule has 0 bridgehead atoms. The average Bonchev–Trinajstić information content (AvgIpc) is 3.31. The molecule has 1 aliphatic heterocycles. The maximum Gasteiger partial charge on any atom is 0.243 e. The van der Waals surface area contributed by atoms with Gasteiger partial charge in [-0.3, -0.25) is 4.79 Å². The molecule has 1 heterocycles. The van der Waals surface area contributed by atoms with E-state index in [1.54, 1.807) is 12.1 Å². The van der Waals surface area contributed by atoms with Crippen LogP contribution < -0.4 is 5.32 Å². The number of carbonyl (C=O) groups excluding carboxylic acids is 1. The van der Waals surface area contributed by atoms with Crippen molar-refractivity contribution < 1.29 is 13.2 Å². The van der Waals surface area contributed by atoms with E-state index in [0.717, 1.165) is 18.4 Å². The summed E-state index contributed by atoms with van der Waals surface area (Å²) in [5.41, 5.74) is 1.53. The fraction of sp³-hybridized carbons (Fsp3) is 0.467. The number of carbonyl (C=O) groups is 1. The molecular weight excluding hydrogens is 302 g/mol. The fourth-order valence-electron chi connectivity index (χ4n) is 2.68. The number of fused-ring (bicyclic) bond motifs is 1. The Morgan fingerprint density at radius 3 is 2.77 bits per heavy atom. The molecule has 1 saturated carbocycles. The highest BCUT2D eigenvalue weighted by Crippen LogP contribution is 2.33. The lowest BCUT2D eigenvalue weighted by molar-refractivity contribution is -0.116. The van der Waals surface area contributed by atoms with Crippen LogP contribution in [0.15, 0.2) is 23.1 Å². The molecule has 1 N–H and O–H groups in total. The number of aryl methyl sites for hydroxylation is 1. The van der Waals surface area contributed by atoms with E-state index in [1.807, 2.05) is 6.07 Å². The van der Waals surface area contributed by atoms with Gasteiger partial charge in [-0.1, -0.05) is 0 Å². The van der Waals surface area contributed by atoms with Crippen LogP contribution in [0.1, 0.15) is 31.2 Å². The van der Waals surface area contributed by atoms with Crippen LogP contribution in [0.25, 0.3) is 0 Å². The lowest BCUT2D eigenvalue weighted by Crippen LogP contribution is -2.34. The number of anilines is 1. The molecule has 0 unspecified atom stereocenters. The number of rotatable bonds is 5. The first-order valence-electron chi connectivity index (χ1n) is 7.34. The van der Waals surface area contributed by atoms with Crippen molar-refractivity contribution in [1.29, 1.82) is 5.26 Å². The smallest absolute Gasteiger partial charge is 0.243 e. The van der Waals surface area contributed by atoms with Gasteiger partial charge in [0.2, 0.25) is 15.9 Å². The van der Waals surface area contributed by atoms with Crippen LogP contribution in [0.5, 0.6) is 0 Å². The summed E-state index contributed by atoms with van der Waals surface area (Å²) in [6, 6.07) is 6.85. The van der Waals surface area contributed by atoms with Crippen LogP contribution in [0.4, 0.5) is 5.69 Å². The van der Waals surface area contributed by atoms with Crippen molar-refractivity contribution >= 4 is 21.6 Å². The van der Waals surface area contributed by atoms with Crippen molar-refractivity contribution in [2.75, 3.05) is 11.9 Å². The van der Waals surface area contributed by atoms with Gasteiger partial charge in [0.15, 0.2) is 0 Å². The lowest BCUT2D eigenvalue weighted by atomic mass is 10.0. The topological polar surface area (TPSA) is 90.3 Å². The van der Waals surface area contributed by atoms with E-state index in [0.29, 0.717) is 18.5 Å². The van der Waals surface area contributed by atoms with E-state index in [4.69, 9.17) is 5.26 Å². The highest BCUT2D eigenvalue weighted by atomic mass is 32.2. The SMILES string of the molecule is N#CCCN(C1CC1)S(=O)(=O)c1ccc2c(c1)CCC(=O)N2. The summed E-state index contributed by atoms with van der Waals surface area (Å²) in [5.74, 6) is -0.0447. The number of nitrogens with one attached hydrogen (secondary N) is 1. The third-order valence-corrected chi connectivity index (χ3v) is 5.92. The first kappa shape index (κ1) is 15.0. The van der Waals surface area contributed by atoms with Crippen molar-refractivity contribution in [1.82, 2.24) is 4.31 Å². The molecule has 1 aliphatic carbocycles. The fourth-order valence-corrected chi connectivity index (χ4v) is 4.41. The quantitative estimate of drug-likeness (QED) is 0.893. The molecule has 1 fully saturated rings. The Hall–Kier alpha value is -1.91. The van der Waals surface area contributed by atoms with Crippen LogP contribution >= 0.6 is 0 Å². The zero-order valence-electron chi connectivity index (χ0n) is 12.1. The summed E-state index contributed by atoms with van der Waals surface area (Å²) in [6.45, 7) is 0.233. The first-order valence-corrected chi connectivity index (χ1v) is 8.78. The summed E-state index contributed by atoms with van der Waals surface area (Å²) in [6.07, 6.45) is 2.82. The predicted octanol–water partition coefficient (Wildman–Crippen LogP) is 1.64. The lowest BCUT2D eigenvalue weighted by Gasteiger charge is -2.23. The summed E-state index contributed by atoms with van der Waals surface area (Å²) in [7, 11) is -3.59.